The van der Waals surface area contributed by atoms with Crippen LogP contribution in [0.2, 0.25) is 5.02 Å². The Hall–Kier alpha value is -3.36. The number of methoxy groups -OCH3 is 1. The quantitative estimate of drug-likeness (QED) is 0.182. The monoisotopic (exact) mass is 508 g/mol. The Morgan fingerprint density at radius 3 is 2.60 bits per heavy atom. The first kappa shape index (κ1) is 24.8. The fraction of sp³-hybridized carbons (Fsp3) is 0.231. The lowest BCUT2D eigenvalue weighted by atomic mass is 10.1. The second kappa shape index (κ2) is 11.4. The molecule has 1 heterocycles. The van der Waals surface area contributed by atoms with Gasteiger partial charge in [0.2, 0.25) is 5.91 Å². The van der Waals surface area contributed by atoms with Gasteiger partial charge in [-0.1, -0.05) is 59.8 Å². The number of nitrogens with one attached hydrogen (secondary N) is 1. The highest BCUT2D eigenvalue weighted by molar-refractivity contribution is 7.99. The van der Waals surface area contributed by atoms with Gasteiger partial charge in [-0.05, 0) is 41.5 Å². The molecule has 0 saturated carbocycles. The molecule has 0 spiro atoms. The second-order valence-electron chi connectivity index (χ2n) is 7.91. The van der Waals surface area contributed by atoms with Gasteiger partial charge in [0.05, 0.1) is 23.6 Å². The summed E-state index contributed by atoms with van der Waals surface area (Å²) in [6.45, 7) is 2.03. The van der Waals surface area contributed by atoms with Crippen LogP contribution in [-0.2, 0) is 11.2 Å². The molecule has 0 fully saturated rings. The first-order chi connectivity index (χ1) is 17.0. The molecular weight excluding hydrogens is 484 g/mol. The van der Waals surface area contributed by atoms with Crippen molar-refractivity contribution in [1.82, 2.24) is 20.1 Å². The molecule has 180 valence electrons. The van der Waals surface area contributed by atoms with Gasteiger partial charge in [-0.2, -0.15) is 0 Å². The first-order valence-electron chi connectivity index (χ1n) is 11.1. The molecule has 7 nitrogen and oxygen atoms in total. The summed E-state index contributed by atoms with van der Waals surface area (Å²) < 4.78 is 7.18. The Morgan fingerprint density at radius 2 is 1.86 bits per heavy atom. The van der Waals surface area contributed by atoms with Gasteiger partial charge in [0, 0.05) is 25.5 Å². The number of thioether (sulfide) groups is 1. The zero-order chi connectivity index (χ0) is 24.8. The molecule has 4 rings (SSSR count). The number of fused-ring (bicyclic) bond motifs is 1. The summed E-state index contributed by atoms with van der Waals surface area (Å²) in [7, 11) is 1.56. The lowest BCUT2D eigenvalue weighted by Crippen LogP contribution is -2.21. The first-order valence-corrected chi connectivity index (χ1v) is 12.5. The number of benzene rings is 3. The van der Waals surface area contributed by atoms with Crippen LogP contribution in [0, 0.1) is 0 Å². The molecule has 35 heavy (non-hydrogen) atoms. The molecule has 9 heteroatoms. The average Bonchev–Trinajstić information content (AvgIpc) is 3.27. The van der Waals surface area contributed by atoms with Crippen LogP contribution < -0.4 is 10.1 Å². The number of halogens is 1. The number of hydrogen-bond donors (Lipinski definition) is 1. The van der Waals surface area contributed by atoms with Gasteiger partial charge in [0.25, 0.3) is 0 Å². The van der Waals surface area contributed by atoms with Gasteiger partial charge < -0.3 is 10.1 Å². The largest absolute Gasteiger partial charge is 0.495 e. The van der Waals surface area contributed by atoms with E-state index in [9.17, 15) is 9.59 Å². The van der Waals surface area contributed by atoms with Crippen LogP contribution in [0.25, 0.3) is 16.5 Å². The standard InChI is InChI=1S/C26H25ClN4O3S/c1-17(32)28-13-5-8-25-29-30-26(31(25)21-11-12-24(34-2)22(27)15-21)35-16-23(33)20-10-9-18-6-3-4-7-19(18)14-20/h3-4,6-7,9-12,14-15H,5,8,13,16H2,1-2H3,(H,28,32). The Kier molecular flexibility index (Phi) is 8.05. The smallest absolute Gasteiger partial charge is 0.216 e. The maximum atomic E-state index is 13.0. The van der Waals surface area contributed by atoms with Gasteiger partial charge in [-0.3, -0.25) is 14.2 Å². The number of aromatic nitrogens is 3. The molecule has 0 bridgehead atoms. The Balaban J connectivity index is 1.56. The number of rotatable bonds is 10. The van der Waals surface area contributed by atoms with Crippen LogP contribution in [0.3, 0.4) is 0 Å². The van der Waals surface area contributed by atoms with E-state index in [0.29, 0.717) is 40.9 Å². The molecule has 3 aromatic carbocycles. The second-order valence-corrected chi connectivity index (χ2v) is 9.26. The van der Waals surface area contributed by atoms with Gasteiger partial charge in [-0.25, -0.2) is 0 Å². The van der Waals surface area contributed by atoms with Crippen LogP contribution >= 0.6 is 23.4 Å². The van der Waals surface area contributed by atoms with Crippen molar-refractivity contribution < 1.29 is 14.3 Å². The fourth-order valence-electron chi connectivity index (χ4n) is 3.70. The van der Waals surface area contributed by atoms with E-state index < -0.39 is 0 Å². The summed E-state index contributed by atoms with van der Waals surface area (Å²) in [5, 5.41) is 14.7. The number of ether oxygens (including phenoxy) is 1. The molecular formula is C26H25ClN4O3S. The van der Waals surface area contributed by atoms with Crippen molar-refractivity contribution in [3.63, 3.8) is 0 Å². The van der Waals surface area contributed by atoms with Crippen LogP contribution in [0.15, 0.2) is 65.8 Å². The predicted octanol–water partition coefficient (Wildman–Crippen LogP) is 5.13. The molecule has 0 aliphatic carbocycles. The van der Waals surface area contributed by atoms with Crippen molar-refractivity contribution >= 4 is 45.8 Å². The molecule has 0 aliphatic heterocycles. The number of carbonyl (C=O) groups excluding carboxylic acids is 2. The molecule has 0 atom stereocenters. The maximum absolute atomic E-state index is 13.0. The van der Waals surface area contributed by atoms with Gasteiger partial charge in [0.15, 0.2) is 10.9 Å². The van der Waals surface area contributed by atoms with E-state index in [4.69, 9.17) is 16.3 Å². The van der Waals surface area contributed by atoms with Crippen molar-refractivity contribution in [1.29, 1.82) is 0 Å². The van der Waals surface area contributed by atoms with Gasteiger partial charge in [-0.15, -0.1) is 10.2 Å². The van der Waals surface area contributed by atoms with E-state index in [1.165, 1.54) is 18.7 Å². The lowest BCUT2D eigenvalue weighted by Gasteiger charge is -2.12. The van der Waals surface area contributed by atoms with Crippen molar-refractivity contribution in [2.45, 2.75) is 24.9 Å². The van der Waals surface area contributed by atoms with Crippen molar-refractivity contribution in [3.8, 4) is 11.4 Å². The van der Waals surface area contributed by atoms with Crippen LogP contribution in [-0.4, -0.2) is 45.9 Å². The number of amides is 1. The lowest BCUT2D eigenvalue weighted by molar-refractivity contribution is -0.118. The highest BCUT2D eigenvalue weighted by Gasteiger charge is 2.18. The highest BCUT2D eigenvalue weighted by atomic mass is 35.5. The van der Waals surface area contributed by atoms with E-state index in [0.717, 1.165) is 22.3 Å². The fourth-order valence-corrected chi connectivity index (χ4v) is 4.81. The number of hydrogen-bond acceptors (Lipinski definition) is 6. The molecule has 0 saturated heterocycles. The van der Waals surface area contributed by atoms with Gasteiger partial charge >= 0.3 is 0 Å². The molecule has 0 aliphatic rings. The van der Waals surface area contributed by atoms with Crippen LogP contribution in [0.5, 0.6) is 5.75 Å². The zero-order valence-electron chi connectivity index (χ0n) is 19.5. The number of carbonyl (C=O) groups is 2. The van der Waals surface area contributed by atoms with Crippen LogP contribution in [0.1, 0.15) is 29.5 Å². The number of Topliss-reactive ketones (excluding diaryl/α,β-unsaturated/α-hetero) is 1. The molecule has 1 amide bonds. The van der Waals surface area contributed by atoms with E-state index in [2.05, 4.69) is 15.5 Å². The summed E-state index contributed by atoms with van der Waals surface area (Å²) >= 11 is 7.71. The number of ketones is 1. The summed E-state index contributed by atoms with van der Waals surface area (Å²) in [5.41, 5.74) is 1.43. The molecule has 0 radical (unpaired) electrons. The minimum Gasteiger partial charge on any atom is -0.495 e. The summed E-state index contributed by atoms with van der Waals surface area (Å²) in [4.78, 5) is 24.2. The molecule has 1 N–H and O–H groups in total. The van der Waals surface area contributed by atoms with Crippen LogP contribution in [0.4, 0.5) is 0 Å². The normalized spacial score (nSPS) is 10.9. The molecule has 4 aromatic rings. The Labute approximate surface area is 212 Å². The third kappa shape index (κ3) is 6.01. The summed E-state index contributed by atoms with van der Waals surface area (Å²) in [6, 6.07) is 19.1. The Bertz CT molecular complexity index is 1370. The van der Waals surface area contributed by atoms with Crippen molar-refractivity contribution in [2.75, 3.05) is 19.4 Å². The number of aryl methyl sites for hydroxylation is 1. The molecule has 1 aromatic heterocycles. The summed E-state index contributed by atoms with van der Waals surface area (Å²) in [6.07, 6.45) is 1.29. The summed E-state index contributed by atoms with van der Waals surface area (Å²) in [5.74, 6) is 1.44. The van der Waals surface area contributed by atoms with E-state index in [-0.39, 0.29) is 17.4 Å². The minimum absolute atomic E-state index is 0.00951. The van der Waals surface area contributed by atoms with Crippen molar-refractivity contribution in [2.24, 2.45) is 0 Å². The topological polar surface area (TPSA) is 86.1 Å². The average molecular weight is 509 g/mol. The SMILES string of the molecule is COc1ccc(-n2c(CCCNC(C)=O)nnc2SCC(=O)c2ccc3ccccc3c2)cc1Cl. The van der Waals surface area contributed by atoms with E-state index in [1.807, 2.05) is 53.1 Å². The van der Waals surface area contributed by atoms with Crippen molar-refractivity contribution in [3.05, 3.63) is 77.1 Å². The third-order valence-corrected chi connectivity index (χ3v) is 6.67. The van der Waals surface area contributed by atoms with E-state index in [1.54, 1.807) is 19.2 Å². The third-order valence-electron chi connectivity index (χ3n) is 5.45. The van der Waals surface area contributed by atoms with E-state index >= 15 is 0 Å². The molecule has 0 unspecified atom stereocenters. The number of nitrogens with zero attached hydrogens (tertiary/aromatic N) is 3. The zero-order valence-corrected chi connectivity index (χ0v) is 21.0. The maximum Gasteiger partial charge on any atom is 0.216 e. The minimum atomic E-state index is -0.0724. The highest BCUT2D eigenvalue weighted by Crippen LogP contribution is 2.30. The predicted molar refractivity (Wildman–Crippen MR) is 139 cm³/mol. The Morgan fingerprint density at radius 1 is 1.06 bits per heavy atom. The van der Waals surface area contributed by atoms with Gasteiger partial charge in [0.1, 0.15) is 11.6 Å².